The van der Waals surface area contributed by atoms with E-state index in [-0.39, 0.29) is 11.9 Å². The van der Waals surface area contributed by atoms with E-state index in [1.54, 1.807) is 30.6 Å². The molecule has 0 heterocycles. The molecule has 0 aliphatic heterocycles. The van der Waals surface area contributed by atoms with Gasteiger partial charge in [-0.05, 0) is 20.1 Å². The molecule has 0 aromatic rings. The SMILES string of the molecule is CSCC(C)N(C)C(=O)C(C)Cl. The molecule has 0 spiro atoms. The summed E-state index contributed by atoms with van der Waals surface area (Å²) in [6, 6.07) is 0.258. The molecule has 0 bridgehead atoms. The molecular formula is C8H16ClNOS. The smallest absolute Gasteiger partial charge is 0.240 e. The second-order valence-electron chi connectivity index (χ2n) is 2.87. The Bertz CT molecular complexity index is 152. The maximum atomic E-state index is 11.3. The summed E-state index contributed by atoms with van der Waals surface area (Å²) in [5.41, 5.74) is 0. The van der Waals surface area contributed by atoms with Crippen molar-refractivity contribution < 1.29 is 4.79 Å². The van der Waals surface area contributed by atoms with Gasteiger partial charge in [0.2, 0.25) is 5.91 Å². The van der Waals surface area contributed by atoms with Gasteiger partial charge in [0.05, 0.1) is 0 Å². The molecule has 0 aromatic heterocycles. The highest BCUT2D eigenvalue weighted by molar-refractivity contribution is 7.98. The van der Waals surface area contributed by atoms with Crippen LogP contribution in [0.15, 0.2) is 0 Å². The zero-order chi connectivity index (χ0) is 9.72. The minimum atomic E-state index is -0.417. The highest BCUT2D eigenvalue weighted by Crippen LogP contribution is 2.07. The van der Waals surface area contributed by atoms with Crippen molar-refractivity contribution in [1.82, 2.24) is 4.90 Å². The third-order valence-corrected chi connectivity index (χ3v) is 2.76. The maximum Gasteiger partial charge on any atom is 0.240 e. The van der Waals surface area contributed by atoms with Gasteiger partial charge in [-0.15, -0.1) is 11.6 Å². The Labute approximate surface area is 83.6 Å². The summed E-state index contributed by atoms with van der Waals surface area (Å²) in [6.07, 6.45) is 2.03. The van der Waals surface area contributed by atoms with E-state index in [2.05, 4.69) is 0 Å². The van der Waals surface area contributed by atoms with E-state index < -0.39 is 5.38 Å². The molecule has 0 rings (SSSR count). The van der Waals surface area contributed by atoms with E-state index in [4.69, 9.17) is 11.6 Å². The first-order valence-electron chi connectivity index (χ1n) is 3.90. The molecule has 2 unspecified atom stereocenters. The topological polar surface area (TPSA) is 20.3 Å². The monoisotopic (exact) mass is 209 g/mol. The van der Waals surface area contributed by atoms with Gasteiger partial charge in [0, 0.05) is 18.8 Å². The second-order valence-corrected chi connectivity index (χ2v) is 4.43. The summed E-state index contributed by atoms with van der Waals surface area (Å²) in [4.78, 5) is 13.0. The number of carbonyl (C=O) groups excluding carboxylic acids is 1. The number of rotatable bonds is 4. The zero-order valence-electron chi connectivity index (χ0n) is 8.00. The number of amides is 1. The number of alkyl halides is 1. The van der Waals surface area contributed by atoms with Crippen LogP contribution in [0.2, 0.25) is 0 Å². The molecular weight excluding hydrogens is 194 g/mol. The lowest BCUT2D eigenvalue weighted by Gasteiger charge is -2.25. The minimum Gasteiger partial charge on any atom is -0.341 e. The quantitative estimate of drug-likeness (QED) is 0.659. The number of hydrogen-bond donors (Lipinski definition) is 0. The van der Waals surface area contributed by atoms with Gasteiger partial charge in [-0.1, -0.05) is 0 Å². The zero-order valence-corrected chi connectivity index (χ0v) is 9.58. The predicted molar refractivity (Wildman–Crippen MR) is 55.9 cm³/mol. The van der Waals surface area contributed by atoms with Crippen molar-refractivity contribution >= 4 is 29.3 Å². The molecule has 0 aromatic carbocycles. The molecule has 0 radical (unpaired) electrons. The van der Waals surface area contributed by atoms with Crippen LogP contribution in [-0.2, 0) is 4.79 Å². The number of halogens is 1. The average molecular weight is 210 g/mol. The molecule has 0 aliphatic rings. The molecule has 0 N–H and O–H groups in total. The van der Waals surface area contributed by atoms with Gasteiger partial charge >= 0.3 is 0 Å². The predicted octanol–water partition coefficient (Wildman–Crippen LogP) is 1.82. The summed E-state index contributed by atoms with van der Waals surface area (Å²) >= 11 is 7.40. The van der Waals surface area contributed by atoms with E-state index in [0.717, 1.165) is 5.75 Å². The maximum absolute atomic E-state index is 11.3. The summed E-state index contributed by atoms with van der Waals surface area (Å²) in [5.74, 6) is 0.949. The lowest BCUT2D eigenvalue weighted by atomic mass is 10.3. The second kappa shape index (κ2) is 5.70. The van der Waals surface area contributed by atoms with E-state index in [1.165, 1.54) is 0 Å². The fourth-order valence-electron chi connectivity index (χ4n) is 0.851. The van der Waals surface area contributed by atoms with Crippen LogP contribution in [-0.4, -0.2) is 41.3 Å². The highest BCUT2D eigenvalue weighted by atomic mass is 35.5. The highest BCUT2D eigenvalue weighted by Gasteiger charge is 2.18. The summed E-state index contributed by atoms with van der Waals surface area (Å²) in [5, 5.41) is -0.417. The Morgan fingerprint density at radius 3 is 2.42 bits per heavy atom. The molecule has 0 fully saturated rings. The number of hydrogen-bond acceptors (Lipinski definition) is 2. The van der Waals surface area contributed by atoms with Crippen LogP contribution in [0.3, 0.4) is 0 Å². The normalized spacial score (nSPS) is 15.4. The molecule has 4 heteroatoms. The molecule has 12 heavy (non-hydrogen) atoms. The van der Waals surface area contributed by atoms with E-state index in [9.17, 15) is 4.79 Å². The summed E-state index contributed by atoms with van der Waals surface area (Å²) in [6.45, 7) is 3.72. The lowest BCUT2D eigenvalue weighted by molar-refractivity contribution is -0.130. The molecule has 0 saturated carbocycles. The van der Waals surface area contributed by atoms with Crippen molar-refractivity contribution in [1.29, 1.82) is 0 Å². The summed E-state index contributed by atoms with van der Waals surface area (Å²) in [7, 11) is 1.79. The fraction of sp³-hybridized carbons (Fsp3) is 0.875. The van der Waals surface area contributed by atoms with Crippen molar-refractivity contribution in [3.8, 4) is 0 Å². The molecule has 2 nitrogen and oxygen atoms in total. The molecule has 2 atom stereocenters. The Morgan fingerprint density at radius 2 is 2.08 bits per heavy atom. The number of carbonyl (C=O) groups is 1. The van der Waals surface area contributed by atoms with E-state index in [1.807, 2.05) is 13.2 Å². The molecule has 0 saturated heterocycles. The number of nitrogens with zero attached hydrogens (tertiary/aromatic N) is 1. The first kappa shape index (κ1) is 12.1. The molecule has 0 aliphatic carbocycles. The largest absolute Gasteiger partial charge is 0.341 e. The van der Waals surface area contributed by atoms with Crippen molar-refractivity contribution in [3.05, 3.63) is 0 Å². The molecule has 72 valence electrons. The van der Waals surface area contributed by atoms with Gasteiger partial charge in [-0.2, -0.15) is 11.8 Å². The summed E-state index contributed by atoms with van der Waals surface area (Å²) < 4.78 is 0. The molecule has 1 amide bonds. The van der Waals surface area contributed by atoms with E-state index in [0.29, 0.717) is 0 Å². The van der Waals surface area contributed by atoms with Crippen LogP contribution in [0.5, 0.6) is 0 Å². The minimum absolute atomic E-state index is 0.00165. The van der Waals surface area contributed by atoms with Crippen LogP contribution < -0.4 is 0 Å². The Kier molecular flexibility index (Phi) is 5.76. The van der Waals surface area contributed by atoms with Crippen molar-refractivity contribution in [2.75, 3.05) is 19.1 Å². The first-order chi connectivity index (χ1) is 5.50. The van der Waals surface area contributed by atoms with Gasteiger partial charge in [-0.3, -0.25) is 4.79 Å². The van der Waals surface area contributed by atoms with Crippen molar-refractivity contribution in [2.45, 2.75) is 25.3 Å². The first-order valence-corrected chi connectivity index (χ1v) is 5.73. The third-order valence-electron chi connectivity index (χ3n) is 1.76. The lowest BCUT2D eigenvalue weighted by Crippen LogP contribution is -2.40. The number of thioether (sulfide) groups is 1. The third kappa shape index (κ3) is 3.68. The fourth-order valence-corrected chi connectivity index (χ4v) is 1.71. The van der Waals surface area contributed by atoms with Crippen molar-refractivity contribution in [2.24, 2.45) is 0 Å². The van der Waals surface area contributed by atoms with Crippen molar-refractivity contribution in [3.63, 3.8) is 0 Å². The van der Waals surface area contributed by atoms with Gasteiger partial charge in [0.15, 0.2) is 0 Å². The van der Waals surface area contributed by atoms with Crippen LogP contribution in [0.25, 0.3) is 0 Å². The van der Waals surface area contributed by atoms with Crippen LogP contribution in [0, 0.1) is 0 Å². The Morgan fingerprint density at radius 1 is 1.58 bits per heavy atom. The van der Waals surface area contributed by atoms with E-state index >= 15 is 0 Å². The van der Waals surface area contributed by atoms with Gasteiger partial charge < -0.3 is 4.90 Å². The van der Waals surface area contributed by atoms with Gasteiger partial charge in [0.25, 0.3) is 0 Å². The Balaban J connectivity index is 4.00. The Hall–Kier alpha value is 0.110. The van der Waals surface area contributed by atoms with Crippen LogP contribution in [0.1, 0.15) is 13.8 Å². The average Bonchev–Trinajstić information content (AvgIpc) is 2.02. The van der Waals surface area contributed by atoms with Gasteiger partial charge in [0.1, 0.15) is 5.38 Å². The van der Waals surface area contributed by atoms with Crippen LogP contribution in [0.4, 0.5) is 0 Å². The van der Waals surface area contributed by atoms with Crippen LogP contribution >= 0.6 is 23.4 Å². The standard InChI is InChI=1S/C8H16ClNOS/c1-6(5-12-4)10(3)8(11)7(2)9/h6-7H,5H2,1-4H3. The van der Waals surface area contributed by atoms with Gasteiger partial charge in [-0.25, -0.2) is 0 Å².